The average molecular weight is 368 g/mol. The number of nitrogens with one attached hydrogen (secondary N) is 2. The maximum Gasteiger partial charge on any atom is 0.256 e. The summed E-state index contributed by atoms with van der Waals surface area (Å²) >= 11 is 5.85. The zero-order chi connectivity index (χ0) is 18.0. The Hall–Kier alpha value is -1.96. The van der Waals surface area contributed by atoms with Crippen molar-refractivity contribution in [3.8, 4) is 0 Å². The van der Waals surface area contributed by atoms with Crippen LogP contribution >= 0.6 is 11.6 Å². The van der Waals surface area contributed by atoms with Crippen LogP contribution in [0.5, 0.6) is 0 Å². The van der Waals surface area contributed by atoms with Crippen molar-refractivity contribution in [3.63, 3.8) is 0 Å². The third-order valence-electron chi connectivity index (χ3n) is 2.82. The molecule has 0 saturated heterocycles. The number of hydrogen-bond donors (Lipinski definition) is 2. The van der Waals surface area contributed by atoms with E-state index in [2.05, 4.69) is 15.0 Å². The molecule has 0 fully saturated rings. The van der Waals surface area contributed by atoms with E-state index in [9.17, 15) is 13.2 Å². The van der Waals surface area contributed by atoms with Crippen LogP contribution in [0.1, 0.15) is 31.1 Å². The number of aromatic nitrogens is 1. The minimum Gasteiger partial charge on any atom is -0.307 e. The molecule has 0 spiro atoms. The molecule has 1 aromatic carbocycles. The zero-order valence-electron chi connectivity index (χ0n) is 13.5. The fourth-order valence-corrected chi connectivity index (χ4v) is 3.45. The summed E-state index contributed by atoms with van der Waals surface area (Å²) in [6.45, 7) is 5.24. The van der Waals surface area contributed by atoms with Crippen molar-refractivity contribution < 1.29 is 13.2 Å². The predicted molar refractivity (Wildman–Crippen MR) is 93.7 cm³/mol. The van der Waals surface area contributed by atoms with Gasteiger partial charge in [-0.1, -0.05) is 17.7 Å². The lowest BCUT2D eigenvalue weighted by Crippen LogP contribution is -2.40. The molecule has 2 N–H and O–H groups in total. The second-order valence-electron chi connectivity index (χ2n) is 6.20. The zero-order valence-corrected chi connectivity index (χ0v) is 15.1. The number of benzene rings is 1. The molecule has 0 aliphatic rings. The normalized spacial score (nSPS) is 12.0. The van der Waals surface area contributed by atoms with E-state index in [4.69, 9.17) is 11.6 Å². The van der Waals surface area contributed by atoms with Crippen LogP contribution in [-0.4, -0.2) is 24.8 Å². The third kappa shape index (κ3) is 5.02. The highest BCUT2D eigenvalue weighted by Gasteiger charge is 2.22. The van der Waals surface area contributed by atoms with Gasteiger partial charge in [-0.3, -0.25) is 4.79 Å². The highest BCUT2D eigenvalue weighted by atomic mass is 35.5. The van der Waals surface area contributed by atoms with Gasteiger partial charge in [-0.05, 0) is 51.1 Å². The standard InChI is InChI=1S/C16H18ClN3O3S/c1-16(2,3)20-24(22,23)13-7-8-14(18-10-13)19-15(21)11-5-4-6-12(17)9-11/h4-10,20H,1-3H3,(H,18,19,21). The van der Waals surface area contributed by atoms with Gasteiger partial charge in [0, 0.05) is 22.3 Å². The number of carbonyl (C=O) groups excluding carboxylic acids is 1. The molecule has 0 atom stereocenters. The van der Waals surface area contributed by atoms with Gasteiger partial charge in [-0.2, -0.15) is 0 Å². The Morgan fingerprint density at radius 3 is 2.42 bits per heavy atom. The van der Waals surface area contributed by atoms with Crippen molar-refractivity contribution in [3.05, 3.63) is 53.2 Å². The molecule has 1 aromatic heterocycles. The van der Waals surface area contributed by atoms with Gasteiger partial charge < -0.3 is 5.32 Å². The van der Waals surface area contributed by atoms with E-state index in [0.29, 0.717) is 10.6 Å². The largest absolute Gasteiger partial charge is 0.307 e. The Morgan fingerprint density at radius 1 is 1.17 bits per heavy atom. The summed E-state index contributed by atoms with van der Waals surface area (Å²) in [5.74, 6) is -0.136. The number of rotatable bonds is 4. The van der Waals surface area contributed by atoms with Crippen molar-refractivity contribution in [1.82, 2.24) is 9.71 Å². The van der Waals surface area contributed by atoms with E-state index >= 15 is 0 Å². The van der Waals surface area contributed by atoms with E-state index in [-0.39, 0.29) is 16.6 Å². The smallest absolute Gasteiger partial charge is 0.256 e. The molecule has 0 aliphatic carbocycles. The molecule has 0 aliphatic heterocycles. The number of halogens is 1. The molecule has 0 bridgehead atoms. The molecule has 0 radical (unpaired) electrons. The molecule has 2 rings (SSSR count). The van der Waals surface area contributed by atoms with Crippen LogP contribution in [0, 0.1) is 0 Å². The highest BCUT2D eigenvalue weighted by molar-refractivity contribution is 7.89. The maximum absolute atomic E-state index is 12.2. The summed E-state index contributed by atoms with van der Waals surface area (Å²) in [4.78, 5) is 16.1. The Kier molecular flexibility index (Phi) is 5.27. The second-order valence-corrected chi connectivity index (χ2v) is 8.32. The number of carbonyl (C=O) groups is 1. The van der Waals surface area contributed by atoms with Crippen molar-refractivity contribution >= 4 is 33.3 Å². The molecule has 8 heteroatoms. The van der Waals surface area contributed by atoms with E-state index in [0.717, 1.165) is 0 Å². The number of hydrogen-bond acceptors (Lipinski definition) is 4. The van der Waals surface area contributed by atoms with Gasteiger partial charge >= 0.3 is 0 Å². The third-order valence-corrected chi connectivity index (χ3v) is 4.79. The Morgan fingerprint density at radius 2 is 1.88 bits per heavy atom. The number of sulfonamides is 1. The van der Waals surface area contributed by atoms with E-state index in [1.165, 1.54) is 24.4 Å². The van der Waals surface area contributed by atoms with Crippen LogP contribution in [-0.2, 0) is 10.0 Å². The Bertz CT molecular complexity index is 844. The highest BCUT2D eigenvalue weighted by Crippen LogP contribution is 2.15. The van der Waals surface area contributed by atoms with Crippen molar-refractivity contribution in [2.75, 3.05) is 5.32 Å². The lowest BCUT2D eigenvalue weighted by molar-refractivity contribution is 0.102. The van der Waals surface area contributed by atoms with E-state index < -0.39 is 15.6 Å². The van der Waals surface area contributed by atoms with Gasteiger partial charge in [0.1, 0.15) is 10.7 Å². The van der Waals surface area contributed by atoms with E-state index in [1.54, 1.807) is 39.0 Å². The van der Waals surface area contributed by atoms with Gasteiger partial charge in [0.15, 0.2) is 0 Å². The first kappa shape index (κ1) is 18.4. The minimum absolute atomic E-state index is 0.0261. The van der Waals surface area contributed by atoms with Gasteiger partial charge in [0.2, 0.25) is 10.0 Å². The van der Waals surface area contributed by atoms with Crippen LogP contribution < -0.4 is 10.0 Å². The average Bonchev–Trinajstić information content (AvgIpc) is 2.45. The lowest BCUT2D eigenvalue weighted by Gasteiger charge is -2.20. The summed E-state index contributed by atoms with van der Waals surface area (Å²) in [7, 11) is -3.66. The Labute approximate surface area is 146 Å². The lowest BCUT2D eigenvalue weighted by atomic mass is 10.1. The first-order chi connectivity index (χ1) is 11.1. The van der Waals surface area contributed by atoms with Gasteiger partial charge in [-0.25, -0.2) is 18.1 Å². The van der Waals surface area contributed by atoms with Crippen molar-refractivity contribution in [2.24, 2.45) is 0 Å². The van der Waals surface area contributed by atoms with Gasteiger partial charge in [0.25, 0.3) is 5.91 Å². The molecule has 24 heavy (non-hydrogen) atoms. The molecule has 1 heterocycles. The molecule has 128 valence electrons. The second kappa shape index (κ2) is 6.88. The first-order valence-corrected chi connectivity index (χ1v) is 9.00. The van der Waals surface area contributed by atoms with Gasteiger partial charge in [-0.15, -0.1) is 0 Å². The van der Waals surface area contributed by atoms with Crippen LogP contribution in [0.2, 0.25) is 5.02 Å². The topological polar surface area (TPSA) is 88.2 Å². The number of pyridine rings is 1. The van der Waals surface area contributed by atoms with Crippen molar-refractivity contribution in [1.29, 1.82) is 0 Å². The van der Waals surface area contributed by atoms with E-state index in [1.807, 2.05) is 0 Å². The quantitative estimate of drug-likeness (QED) is 0.869. The molecular weight excluding hydrogens is 350 g/mol. The molecule has 0 saturated carbocycles. The SMILES string of the molecule is CC(C)(C)NS(=O)(=O)c1ccc(NC(=O)c2cccc(Cl)c2)nc1. The molecule has 6 nitrogen and oxygen atoms in total. The summed E-state index contributed by atoms with van der Waals surface area (Å²) in [5.41, 5.74) is -0.214. The van der Waals surface area contributed by atoms with Crippen LogP contribution in [0.4, 0.5) is 5.82 Å². The van der Waals surface area contributed by atoms with Crippen LogP contribution in [0.25, 0.3) is 0 Å². The summed E-state index contributed by atoms with van der Waals surface area (Å²) in [5, 5.41) is 3.04. The number of nitrogens with zero attached hydrogens (tertiary/aromatic N) is 1. The Balaban J connectivity index is 2.14. The fourth-order valence-electron chi connectivity index (χ4n) is 1.89. The summed E-state index contributed by atoms with van der Waals surface area (Å²) < 4.78 is 26.9. The molecular formula is C16H18ClN3O3S. The predicted octanol–water partition coefficient (Wildman–Crippen LogP) is 3.06. The molecule has 1 amide bonds. The fraction of sp³-hybridized carbons (Fsp3) is 0.250. The molecule has 2 aromatic rings. The maximum atomic E-state index is 12.2. The van der Waals surface area contributed by atoms with Crippen LogP contribution in [0.3, 0.4) is 0 Å². The number of amides is 1. The summed E-state index contributed by atoms with van der Waals surface area (Å²) in [6.07, 6.45) is 1.20. The van der Waals surface area contributed by atoms with Crippen molar-refractivity contribution in [2.45, 2.75) is 31.2 Å². The van der Waals surface area contributed by atoms with Crippen LogP contribution in [0.15, 0.2) is 47.5 Å². The first-order valence-electron chi connectivity index (χ1n) is 7.14. The minimum atomic E-state index is -3.66. The monoisotopic (exact) mass is 367 g/mol. The molecule has 0 unspecified atom stereocenters. The summed E-state index contributed by atoms with van der Waals surface area (Å²) in [6, 6.07) is 9.29. The van der Waals surface area contributed by atoms with Gasteiger partial charge in [0.05, 0.1) is 0 Å². The number of anilines is 1.